The lowest BCUT2D eigenvalue weighted by atomic mass is 10.1. The highest BCUT2D eigenvalue weighted by atomic mass is 79.9. The Morgan fingerprint density at radius 3 is 2.71 bits per heavy atom. The van der Waals surface area contributed by atoms with Gasteiger partial charge in [-0.25, -0.2) is 0 Å². The Morgan fingerprint density at radius 2 is 2.14 bits per heavy atom. The molecule has 0 bridgehead atoms. The highest BCUT2D eigenvalue weighted by Gasteiger charge is 2.21. The van der Waals surface area contributed by atoms with Gasteiger partial charge in [-0.3, -0.25) is 4.98 Å². The Balaban J connectivity index is 2.78. The van der Waals surface area contributed by atoms with Crippen molar-refractivity contribution in [3.8, 4) is 5.75 Å². The van der Waals surface area contributed by atoms with Crippen molar-refractivity contribution in [1.82, 2.24) is 4.98 Å². The van der Waals surface area contributed by atoms with Crippen LogP contribution in [0.1, 0.15) is 18.2 Å². The lowest BCUT2D eigenvalue weighted by molar-refractivity contribution is 0.0134. The molecule has 4 nitrogen and oxygen atoms in total. The number of alkyl halides is 1. The first-order valence-electron chi connectivity index (χ1n) is 4.22. The largest absolute Gasteiger partial charge is 0.506 e. The van der Waals surface area contributed by atoms with Crippen molar-refractivity contribution in [3.05, 3.63) is 24.0 Å². The van der Waals surface area contributed by atoms with Gasteiger partial charge >= 0.3 is 0 Å². The third-order valence-electron chi connectivity index (χ3n) is 1.87. The van der Waals surface area contributed by atoms with Gasteiger partial charge in [-0.05, 0) is 18.6 Å². The summed E-state index contributed by atoms with van der Waals surface area (Å²) in [4.78, 5) is 3.81. The average molecular weight is 262 g/mol. The third-order valence-corrected chi connectivity index (χ3v) is 2.32. The number of aliphatic hydroxyl groups is 2. The number of aromatic nitrogens is 1. The number of pyridine rings is 1. The van der Waals surface area contributed by atoms with E-state index in [0.29, 0.717) is 11.8 Å². The topological polar surface area (TPSA) is 73.6 Å². The van der Waals surface area contributed by atoms with Crippen molar-refractivity contribution in [1.29, 1.82) is 0 Å². The summed E-state index contributed by atoms with van der Waals surface area (Å²) in [5, 5.41) is 29.0. The van der Waals surface area contributed by atoms with Crippen molar-refractivity contribution in [2.45, 2.75) is 18.6 Å². The van der Waals surface area contributed by atoms with Gasteiger partial charge in [-0.1, -0.05) is 15.9 Å². The van der Waals surface area contributed by atoms with Gasteiger partial charge in [-0.15, -0.1) is 0 Å². The molecule has 2 unspecified atom stereocenters. The van der Waals surface area contributed by atoms with Gasteiger partial charge in [0, 0.05) is 11.5 Å². The number of nitrogens with zero attached hydrogens (tertiary/aromatic N) is 1. The molecular formula is C9H12BrNO3. The van der Waals surface area contributed by atoms with E-state index in [-0.39, 0.29) is 11.4 Å². The van der Waals surface area contributed by atoms with Gasteiger partial charge in [0.15, 0.2) is 0 Å². The second-order valence-corrected chi connectivity index (χ2v) is 3.69. The molecule has 78 valence electrons. The molecule has 0 aromatic carbocycles. The predicted octanol–water partition coefficient (Wildman–Crippen LogP) is 0.966. The van der Waals surface area contributed by atoms with E-state index in [0.717, 1.165) is 0 Å². The maximum absolute atomic E-state index is 9.61. The molecule has 1 aromatic rings. The van der Waals surface area contributed by atoms with Gasteiger partial charge < -0.3 is 15.3 Å². The molecule has 0 spiro atoms. The lowest BCUT2D eigenvalue weighted by Crippen LogP contribution is -2.19. The van der Waals surface area contributed by atoms with Crippen LogP contribution in [0.5, 0.6) is 5.75 Å². The molecule has 0 aliphatic rings. The van der Waals surface area contributed by atoms with Crippen molar-refractivity contribution in [3.63, 3.8) is 0 Å². The predicted molar refractivity (Wildman–Crippen MR) is 55.3 cm³/mol. The van der Waals surface area contributed by atoms with Gasteiger partial charge in [0.1, 0.15) is 17.5 Å². The van der Waals surface area contributed by atoms with Crippen LogP contribution in [0.15, 0.2) is 18.3 Å². The first-order chi connectivity index (χ1) is 6.66. The minimum atomic E-state index is -1.14. The van der Waals surface area contributed by atoms with Gasteiger partial charge in [0.25, 0.3) is 0 Å². The molecule has 0 aliphatic heterocycles. The first-order valence-corrected chi connectivity index (χ1v) is 5.35. The standard InChI is InChI=1S/C9H12BrNO3/c10-4-3-7(13)9(14)8-6(12)2-1-5-11-8/h1-2,5,7,9,12-14H,3-4H2. The molecule has 3 N–H and O–H groups in total. The highest BCUT2D eigenvalue weighted by molar-refractivity contribution is 9.09. The van der Waals surface area contributed by atoms with Crippen LogP contribution in [-0.4, -0.2) is 31.7 Å². The first kappa shape index (κ1) is 11.4. The van der Waals surface area contributed by atoms with E-state index in [1.165, 1.54) is 12.3 Å². The molecular weight excluding hydrogens is 250 g/mol. The van der Waals surface area contributed by atoms with Crippen LogP contribution in [0.4, 0.5) is 0 Å². The maximum atomic E-state index is 9.61. The Labute approximate surface area is 90.4 Å². The molecule has 0 fully saturated rings. The normalized spacial score (nSPS) is 15.1. The summed E-state index contributed by atoms with van der Waals surface area (Å²) in [6.07, 6.45) is -0.208. The zero-order chi connectivity index (χ0) is 10.6. The second-order valence-electron chi connectivity index (χ2n) is 2.90. The number of aliphatic hydroxyl groups excluding tert-OH is 2. The van der Waals surface area contributed by atoms with E-state index in [1.54, 1.807) is 6.07 Å². The number of hydrogen-bond donors (Lipinski definition) is 3. The third kappa shape index (κ3) is 2.67. The molecule has 14 heavy (non-hydrogen) atoms. The Bertz CT molecular complexity index is 295. The zero-order valence-electron chi connectivity index (χ0n) is 7.47. The number of aromatic hydroxyl groups is 1. The van der Waals surface area contributed by atoms with E-state index >= 15 is 0 Å². The van der Waals surface area contributed by atoms with Crippen LogP contribution in [0.25, 0.3) is 0 Å². The fraction of sp³-hybridized carbons (Fsp3) is 0.444. The average Bonchev–Trinajstić information content (AvgIpc) is 2.18. The molecule has 0 radical (unpaired) electrons. The number of rotatable bonds is 4. The molecule has 0 saturated carbocycles. The van der Waals surface area contributed by atoms with E-state index in [2.05, 4.69) is 20.9 Å². The maximum Gasteiger partial charge on any atom is 0.139 e. The molecule has 1 aromatic heterocycles. The quantitative estimate of drug-likeness (QED) is 0.707. The van der Waals surface area contributed by atoms with Gasteiger partial charge in [0.05, 0.1) is 6.10 Å². The van der Waals surface area contributed by atoms with E-state index < -0.39 is 12.2 Å². The molecule has 0 amide bonds. The van der Waals surface area contributed by atoms with Crippen LogP contribution >= 0.6 is 15.9 Å². The molecule has 1 heterocycles. The highest BCUT2D eigenvalue weighted by Crippen LogP contribution is 2.24. The van der Waals surface area contributed by atoms with Crippen molar-refractivity contribution >= 4 is 15.9 Å². The SMILES string of the molecule is Oc1cccnc1C(O)C(O)CCBr. The lowest BCUT2D eigenvalue weighted by Gasteiger charge is -2.16. The molecule has 2 atom stereocenters. The van der Waals surface area contributed by atoms with E-state index in [9.17, 15) is 15.3 Å². The summed E-state index contributed by atoms with van der Waals surface area (Å²) in [6, 6.07) is 2.98. The Morgan fingerprint density at radius 1 is 1.43 bits per heavy atom. The Hall–Kier alpha value is -0.650. The second kappa shape index (κ2) is 5.29. The minimum Gasteiger partial charge on any atom is -0.506 e. The number of halogens is 1. The van der Waals surface area contributed by atoms with Crippen molar-refractivity contribution in [2.75, 3.05) is 5.33 Å². The summed E-state index contributed by atoms with van der Waals surface area (Å²) < 4.78 is 0. The smallest absolute Gasteiger partial charge is 0.139 e. The Kier molecular flexibility index (Phi) is 4.31. The fourth-order valence-corrected chi connectivity index (χ4v) is 1.56. The monoisotopic (exact) mass is 261 g/mol. The van der Waals surface area contributed by atoms with Crippen LogP contribution in [-0.2, 0) is 0 Å². The van der Waals surface area contributed by atoms with Gasteiger partial charge in [0.2, 0.25) is 0 Å². The fourth-order valence-electron chi connectivity index (χ4n) is 1.09. The van der Waals surface area contributed by atoms with Crippen LogP contribution in [0, 0.1) is 0 Å². The minimum absolute atomic E-state index is 0.103. The summed E-state index contributed by atoms with van der Waals surface area (Å²) >= 11 is 3.16. The van der Waals surface area contributed by atoms with Crippen molar-refractivity contribution < 1.29 is 15.3 Å². The zero-order valence-corrected chi connectivity index (χ0v) is 9.05. The van der Waals surface area contributed by atoms with Crippen molar-refractivity contribution in [2.24, 2.45) is 0 Å². The van der Waals surface area contributed by atoms with E-state index in [4.69, 9.17) is 0 Å². The van der Waals surface area contributed by atoms with Crippen LogP contribution in [0.3, 0.4) is 0 Å². The summed E-state index contributed by atoms with van der Waals surface area (Å²) in [5.41, 5.74) is 0.112. The van der Waals surface area contributed by atoms with Crippen LogP contribution < -0.4 is 0 Å². The molecule has 1 rings (SSSR count). The van der Waals surface area contributed by atoms with E-state index in [1.807, 2.05) is 0 Å². The molecule has 5 heteroatoms. The van der Waals surface area contributed by atoms with Crippen LogP contribution in [0.2, 0.25) is 0 Å². The summed E-state index contributed by atoms with van der Waals surface area (Å²) in [6.45, 7) is 0. The summed E-state index contributed by atoms with van der Waals surface area (Å²) in [5.74, 6) is -0.103. The summed E-state index contributed by atoms with van der Waals surface area (Å²) in [7, 11) is 0. The number of hydrogen-bond acceptors (Lipinski definition) is 4. The van der Waals surface area contributed by atoms with Gasteiger partial charge in [-0.2, -0.15) is 0 Å². The molecule has 0 aliphatic carbocycles. The molecule has 0 saturated heterocycles.